The summed E-state index contributed by atoms with van der Waals surface area (Å²) >= 11 is 0. The van der Waals surface area contributed by atoms with E-state index >= 15 is 0 Å². The first-order valence-corrected chi connectivity index (χ1v) is 15.3. The highest BCUT2D eigenvalue weighted by molar-refractivity contribution is 5.72. The van der Waals surface area contributed by atoms with E-state index in [0.29, 0.717) is 99.1 Å². The zero-order chi connectivity index (χ0) is 31.2. The van der Waals surface area contributed by atoms with E-state index in [9.17, 15) is 9.59 Å². The monoisotopic (exact) mass is 610 g/mol. The minimum absolute atomic E-state index is 0.00575. The molecule has 0 bridgehead atoms. The Balaban J connectivity index is 3.22. The van der Waals surface area contributed by atoms with Crippen LogP contribution in [0.1, 0.15) is 60.3 Å². The van der Waals surface area contributed by atoms with E-state index in [4.69, 9.17) is 47.4 Å². The van der Waals surface area contributed by atoms with E-state index in [0.717, 1.165) is 25.7 Å². The predicted molar refractivity (Wildman–Crippen MR) is 157 cm³/mol. The standard InChI is InChI=1S/C30H58O12/c1-6-8-9-27(7-2)29(32)41-25-24-39-21-20-37-17-16-35-13-12-33-10-11-34-14-15-36-18-19-38-22-23-40-26-28(31)42-30(3,4)5/h27H,6-26H2,1-5H3. The van der Waals surface area contributed by atoms with Crippen molar-refractivity contribution < 1.29 is 57.0 Å². The molecule has 0 heterocycles. The van der Waals surface area contributed by atoms with Crippen LogP contribution in [0.3, 0.4) is 0 Å². The SMILES string of the molecule is CCCCC(CC)C(=O)OCCOCCOCCOCCOCCOCCOCCOCCOCC(=O)OC(C)(C)C. The molecule has 0 N–H and O–H groups in total. The summed E-state index contributed by atoms with van der Waals surface area (Å²) in [7, 11) is 0. The molecule has 0 aliphatic rings. The largest absolute Gasteiger partial charge is 0.463 e. The molecule has 0 saturated heterocycles. The van der Waals surface area contributed by atoms with Gasteiger partial charge in [0, 0.05) is 0 Å². The Morgan fingerprint density at radius 3 is 1.24 bits per heavy atom. The first-order valence-electron chi connectivity index (χ1n) is 15.3. The van der Waals surface area contributed by atoms with Gasteiger partial charge in [-0.2, -0.15) is 0 Å². The zero-order valence-electron chi connectivity index (χ0n) is 26.8. The Kier molecular flexibility index (Phi) is 28.7. The number of carbonyl (C=O) groups is 2. The van der Waals surface area contributed by atoms with E-state index < -0.39 is 5.60 Å². The zero-order valence-corrected chi connectivity index (χ0v) is 26.8. The van der Waals surface area contributed by atoms with Crippen LogP contribution in [0.4, 0.5) is 0 Å². The van der Waals surface area contributed by atoms with Crippen molar-refractivity contribution in [3.63, 3.8) is 0 Å². The average Bonchev–Trinajstić information content (AvgIpc) is 2.94. The van der Waals surface area contributed by atoms with Crippen LogP contribution in [-0.2, 0) is 57.0 Å². The molecule has 12 heteroatoms. The fourth-order valence-corrected chi connectivity index (χ4v) is 3.32. The van der Waals surface area contributed by atoms with Gasteiger partial charge in [-0.1, -0.05) is 26.7 Å². The molecule has 0 aromatic rings. The minimum Gasteiger partial charge on any atom is -0.463 e. The fraction of sp³-hybridized carbons (Fsp3) is 0.933. The lowest BCUT2D eigenvalue weighted by Crippen LogP contribution is -2.27. The number of hydrogen-bond donors (Lipinski definition) is 0. The third kappa shape index (κ3) is 30.1. The number of carbonyl (C=O) groups excluding carboxylic acids is 2. The number of hydrogen-bond acceptors (Lipinski definition) is 12. The highest BCUT2D eigenvalue weighted by Crippen LogP contribution is 2.14. The van der Waals surface area contributed by atoms with Gasteiger partial charge in [0.25, 0.3) is 0 Å². The van der Waals surface area contributed by atoms with E-state index in [1.807, 2.05) is 27.7 Å². The summed E-state index contributed by atoms with van der Waals surface area (Å²) in [5.74, 6) is -0.517. The number of esters is 2. The molecule has 0 fully saturated rings. The van der Waals surface area contributed by atoms with Crippen molar-refractivity contribution in [3.8, 4) is 0 Å². The molecular formula is C30H58O12. The quantitative estimate of drug-likeness (QED) is 0.0845. The molecule has 0 aromatic heterocycles. The fourth-order valence-electron chi connectivity index (χ4n) is 3.32. The average molecular weight is 611 g/mol. The molecule has 0 amide bonds. The Hall–Kier alpha value is -1.38. The summed E-state index contributed by atoms with van der Waals surface area (Å²) in [5.41, 5.74) is -0.511. The van der Waals surface area contributed by atoms with Crippen LogP contribution in [0.25, 0.3) is 0 Å². The maximum atomic E-state index is 12.0. The van der Waals surface area contributed by atoms with Crippen LogP contribution in [0, 0.1) is 5.92 Å². The third-order valence-corrected chi connectivity index (χ3v) is 5.45. The number of unbranched alkanes of at least 4 members (excludes halogenated alkanes) is 1. The normalized spacial score (nSPS) is 12.4. The molecule has 0 aliphatic carbocycles. The Labute approximate surface area is 253 Å². The maximum absolute atomic E-state index is 12.0. The molecule has 0 saturated carbocycles. The second-order valence-corrected chi connectivity index (χ2v) is 10.3. The molecular weight excluding hydrogens is 552 g/mol. The molecule has 0 rings (SSSR count). The van der Waals surface area contributed by atoms with Gasteiger partial charge in [0.05, 0.1) is 105 Å². The maximum Gasteiger partial charge on any atom is 0.332 e. The second-order valence-electron chi connectivity index (χ2n) is 10.3. The summed E-state index contributed by atoms with van der Waals surface area (Å²) in [6.45, 7) is 16.5. The van der Waals surface area contributed by atoms with Gasteiger partial charge >= 0.3 is 11.9 Å². The van der Waals surface area contributed by atoms with Crippen molar-refractivity contribution in [1.29, 1.82) is 0 Å². The summed E-state index contributed by atoms with van der Waals surface area (Å²) < 4.78 is 53.7. The molecule has 0 aliphatic heterocycles. The van der Waals surface area contributed by atoms with Gasteiger partial charge in [-0.15, -0.1) is 0 Å². The van der Waals surface area contributed by atoms with Crippen molar-refractivity contribution in [1.82, 2.24) is 0 Å². The smallest absolute Gasteiger partial charge is 0.332 e. The molecule has 1 atom stereocenters. The predicted octanol–water partition coefficient (Wildman–Crippen LogP) is 3.22. The summed E-state index contributed by atoms with van der Waals surface area (Å²) in [5, 5.41) is 0. The highest BCUT2D eigenvalue weighted by atomic mass is 16.6. The summed E-state index contributed by atoms with van der Waals surface area (Å²) in [4.78, 5) is 23.5. The van der Waals surface area contributed by atoms with Gasteiger partial charge in [-0.25, -0.2) is 4.79 Å². The van der Waals surface area contributed by atoms with Gasteiger partial charge in [-0.3, -0.25) is 4.79 Å². The van der Waals surface area contributed by atoms with E-state index in [1.54, 1.807) is 0 Å². The topological polar surface area (TPSA) is 126 Å². The van der Waals surface area contributed by atoms with E-state index in [-0.39, 0.29) is 31.1 Å². The van der Waals surface area contributed by atoms with Gasteiger partial charge < -0.3 is 47.4 Å². The van der Waals surface area contributed by atoms with Gasteiger partial charge in [0.2, 0.25) is 0 Å². The van der Waals surface area contributed by atoms with Crippen molar-refractivity contribution >= 4 is 11.9 Å². The van der Waals surface area contributed by atoms with Crippen molar-refractivity contribution in [2.75, 3.05) is 112 Å². The van der Waals surface area contributed by atoms with Gasteiger partial charge in [-0.05, 0) is 33.6 Å². The molecule has 42 heavy (non-hydrogen) atoms. The minimum atomic E-state index is -0.511. The molecule has 12 nitrogen and oxygen atoms in total. The van der Waals surface area contributed by atoms with E-state index in [1.165, 1.54) is 0 Å². The lowest BCUT2D eigenvalue weighted by Gasteiger charge is -2.19. The summed E-state index contributed by atoms with van der Waals surface area (Å²) in [6, 6.07) is 0. The van der Waals surface area contributed by atoms with Crippen LogP contribution in [0.5, 0.6) is 0 Å². The molecule has 0 spiro atoms. The molecule has 250 valence electrons. The summed E-state index contributed by atoms with van der Waals surface area (Å²) in [6.07, 6.45) is 3.82. The third-order valence-electron chi connectivity index (χ3n) is 5.45. The first kappa shape index (κ1) is 40.6. The number of ether oxygens (including phenoxy) is 10. The van der Waals surface area contributed by atoms with Gasteiger partial charge in [0.15, 0.2) is 0 Å². The van der Waals surface area contributed by atoms with E-state index in [2.05, 4.69) is 6.92 Å². The van der Waals surface area contributed by atoms with Crippen molar-refractivity contribution in [3.05, 3.63) is 0 Å². The van der Waals surface area contributed by atoms with Gasteiger partial charge in [0.1, 0.15) is 18.8 Å². The second kappa shape index (κ2) is 29.7. The van der Waals surface area contributed by atoms with Crippen molar-refractivity contribution in [2.45, 2.75) is 65.9 Å². The van der Waals surface area contributed by atoms with Crippen LogP contribution in [0.15, 0.2) is 0 Å². The Morgan fingerprint density at radius 2 is 0.905 bits per heavy atom. The van der Waals surface area contributed by atoms with Crippen LogP contribution in [0.2, 0.25) is 0 Å². The Bertz CT molecular complexity index is 612. The van der Waals surface area contributed by atoms with Crippen LogP contribution >= 0.6 is 0 Å². The number of rotatable bonds is 31. The lowest BCUT2D eigenvalue weighted by molar-refractivity contribution is -0.160. The van der Waals surface area contributed by atoms with Crippen molar-refractivity contribution in [2.24, 2.45) is 5.92 Å². The molecule has 0 radical (unpaired) electrons. The molecule has 0 aromatic carbocycles. The van der Waals surface area contributed by atoms with Crippen LogP contribution < -0.4 is 0 Å². The molecule has 1 unspecified atom stereocenters. The lowest BCUT2D eigenvalue weighted by atomic mass is 10.00. The van der Waals surface area contributed by atoms with Crippen LogP contribution in [-0.4, -0.2) is 130 Å². The Morgan fingerprint density at radius 1 is 0.548 bits per heavy atom. The highest BCUT2D eigenvalue weighted by Gasteiger charge is 2.17. The first-order chi connectivity index (χ1) is 20.3.